The Hall–Kier alpha value is -4.33. The Labute approximate surface area is 185 Å². The van der Waals surface area contributed by atoms with Gasteiger partial charge in [0.1, 0.15) is 5.75 Å². The summed E-state index contributed by atoms with van der Waals surface area (Å²) in [5, 5.41) is 14.5. The number of hydrogen-bond donors (Lipinski definition) is 4. The Kier molecular flexibility index (Phi) is 7.07. The molecule has 0 saturated carbocycles. The zero-order chi connectivity index (χ0) is 23.1. The number of nitrogen functional groups attached to an aromatic ring is 1. The molecular formula is C24H23N3O5. The number of aromatic carboxylic acids is 1. The highest BCUT2D eigenvalue weighted by Crippen LogP contribution is 2.16. The molecule has 0 aliphatic carbocycles. The lowest BCUT2D eigenvalue weighted by molar-refractivity contribution is 0.0696. The Bertz CT molecular complexity index is 1130. The average molecular weight is 433 g/mol. The van der Waals surface area contributed by atoms with Crippen LogP contribution in [0, 0.1) is 0 Å². The lowest BCUT2D eigenvalue weighted by Gasteiger charge is -2.11. The molecule has 8 heteroatoms. The lowest BCUT2D eigenvalue weighted by Crippen LogP contribution is -2.26. The number of carbonyl (C=O) groups excluding carboxylic acids is 2. The molecule has 164 valence electrons. The number of methoxy groups -OCH3 is 1. The molecule has 0 aromatic heterocycles. The van der Waals surface area contributed by atoms with Crippen LogP contribution in [0.15, 0.2) is 66.7 Å². The van der Waals surface area contributed by atoms with Gasteiger partial charge < -0.3 is 26.2 Å². The summed E-state index contributed by atoms with van der Waals surface area (Å²) < 4.78 is 5.11. The number of amides is 2. The Morgan fingerprint density at radius 2 is 1.34 bits per heavy atom. The molecule has 5 N–H and O–H groups in total. The number of hydrogen-bond acceptors (Lipinski definition) is 5. The van der Waals surface area contributed by atoms with Crippen LogP contribution in [0.4, 0.5) is 5.69 Å². The molecule has 0 atom stereocenters. The van der Waals surface area contributed by atoms with Crippen molar-refractivity contribution < 1.29 is 24.2 Å². The molecule has 3 aromatic rings. The number of rotatable bonds is 8. The molecule has 0 heterocycles. The molecule has 0 unspecified atom stereocenters. The monoisotopic (exact) mass is 433 g/mol. The average Bonchev–Trinajstić information content (AvgIpc) is 2.81. The molecule has 3 aromatic carbocycles. The van der Waals surface area contributed by atoms with E-state index in [2.05, 4.69) is 10.6 Å². The molecule has 8 nitrogen and oxygen atoms in total. The van der Waals surface area contributed by atoms with E-state index in [0.29, 0.717) is 12.1 Å². The number of carbonyl (C=O) groups is 3. The van der Waals surface area contributed by atoms with Gasteiger partial charge in [-0.2, -0.15) is 0 Å². The van der Waals surface area contributed by atoms with Crippen molar-refractivity contribution in [2.24, 2.45) is 0 Å². The van der Waals surface area contributed by atoms with Crippen LogP contribution in [0.2, 0.25) is 0 Å². The standard InChI is InChI=1S/C24H23N3O5/c1-32-19-9-4-16(5-10-19)13-26-22(28)18-8-11-21(25)20(12-18)23(29)27-14-15-2-6-17(7-3-15)24(30)31/h2-12H,13-14,25H2,1H3,(H,26,28)(H,27,29)(H,30,31). The van der Waals surface area contributed by atoms with Crippen molar-refractivity contribution in [2.45, 2.75) is 13.1 Å². The van der Waals surface area contributed by atoms with Gasteiger partial charge in [0, 0.05) is 24.3 Å². The van der Waals surface area contributed by atoms with Gasteiger partial charge in [0.05, 0.1) is 18.2 Å². The maximum Gasteiger partial charge on any atom is 0.335 e. The SMILES string of the molecule is COc1ccc(CNC(=O)c2ccc(N)c(C(=O)NCc3ccc(C(=O)O)cc3)c2)cc1. The second kappa shape index (κ2) is 10.1. The molecule has 0 spiro atoms. The van der Waals surface area contributed by atoms with E-state index in [9.17, 15) is 14.4 Å². The fraction of sp³-hybridized carbons (Fsp3) is 0.125. The maximum atomic E-state index is 12.6. The molecule has 0 aliphatic rings. The second-order valence-corrected chi connectivity index (χ2v) is 7.02. The number of nitrogens with two attached hydrogens (primary N) is 1. The fourth-order valence-corrected chi connectivity index (χ4v) is 2.96. The highest BCUT2D eigenvalue weighted by Gasteiger charge is 2.14. The van der Waals surface area contributed by atoms with Gasteiger partial charge in [0.15, 0.2) is 0 Å². The van der Waals surface area contributed by atoms with E-state index in [0.717, 1.165) is 16.9 Å². The molecule has 3 rings (SSSR count). The number of benzene rings is 3. The highest BCUT2D eigenvalue weighted by atomic mass is 16.5. The molecule has 0 aliphatic heterocycles. The number of carboxylic acids is 1. The third-order valence-electron chi connectivity index (χ3n) is 4.83. The van der Waals surface area contributed by atoms with Crippen LogP contribution in [-0.4, -0.2) is 30.0 Å². The van der Waals surface area contributed by atoms with Gasteiger partial charge in [0.25, 0.3) is 11.8 Å². The van der Waals surface area contributed by atoms with Crippen LogP contribution in [0.3, 0.4) is 0 Å². The largest absolute Gasteiger partial charge is 0.497 e. The molecular weight excluding hydrogens is 410 g/mol. The zero-order valence-electron chi connectivity index (χ0n) is 17.4. The normalized spacial score (nSPS) is 10.3. The summed E-state index contributed by atoms with van der Waals surface area (Å²) in [5.41, 5.74) is 8.47. The number of nitrogens with one attached hydrogen (secondary N) is 2. The summed E-state index contributed by atoms with van der Waals surface area (Å²) in [6.45, 7) is 0.507. The first kappa shape index (κ1) is 22.4. The van der Waals surface area contributed by atoms with Gasteiger partial charge in [-0.25, -0.2) is 4.79 Å². The van der Waals surface area contributed by atoms with E-state index < -0.39 is 11.9 Å². The van der Waals surface area contributed by atoms with Crippen molar-refractivity contribution in [3.05, 3.63) is 94.5 Å². The van der Waals surface area contributed by atoms with E-state index in [1.807, 2.05) is 24.3 Å². The van der Waals surface area contributed by atoms with Crippen LogP contribution in [0.25, 0.3) is 0 Å². The maximum absolute atomic E-state index is 12.6. The first-order chi connectivity index (χ1) is 15.4. The van der Waals surface area contributed by atoms with Crippen molar-refractivity contribution in [3.63, 3.8) is 0 Å². The van der Waals surface area contributed by atoms with Crippen molar-refractivity contribution in [3.8, 4) is 5.75 Å². The van der Waals surface area contributed by atoms with Gasteiger partial charge in [-0.1, -0.05) is 24.3 Å². The topological polar surface area (TPSA) is 131 Å². The van der Waals surface area contributed by atoms with Gasteiger partial charge >= 0.3 is 5.97 Å². The summed E-state index contributed by atoms with van der Waals surface area (Å²) in [5.74, 6) is -1.06. The third kappa shape index (κ3) is 5.63. The van der Waals surface area contributed by atoms with Gasteiger partial charge in [-0.3, -0.25) is 9.59 Å². The Balaban J connectivity index is 1.62. The quantitative estimate of drug-likeness (QED) is 0.404. The van der Waals surface area contributed by atoms with E-state index in [1.54, 1.807) is 25.3 Å². The predicted molar refractivity (Wildman–Crippen MR) is 120 cm³/mol. The minimum Gasteiger partial charge on any atom is -0.497 e. The summed E-state index contributed by atoms with van der Waals surface area (Å²) in [4.78, 5) is 36.1. The summed E-state index contributed by atoms with van der Waals surface area (Å²) in [6, 6.07) is 18.0. The summed E-state index contributed by atoms with van der Waals surface area (Å²) in [7, 11) is 1.58. The fourth-order valence-electron chi connectivity index (χ4n) is 2.96. The first-order valence-corrected chi connectivity index (χ1v) is 9.78. The van der Waals surface area contributed by atoms with Crippen LogP contribution in [-0.2, 0) is 13.1 Å². The van der Waals surface area contributed by atoms with E-state index in [4.69, 9.17) is 15.6 Å². The minimum absolute atomic E-state index is 0.165. The predicted octanol–water partition coefficient (Wildman–Crippen LogP) is 2.84. The Morgan fingerprint density at radius 1 is 0.812 bits per heavy atom. The van der Waals surface area contributed by atoms with Crippen molar-refractivity contribution in [2.75, 3.05) is 12.8 Å². The molecule has 0 bridgehead atoms. The molecule has 0 saturated heterocycles. The number of ether oxygens (including phenoxy) is 1. The Morgan fingerprint density at radius 3 is 1.91 bits per heavy atom. The lowest BCUT2D eigenvalue weighted by atomic mass is 10.1. The van der Waals surface area contributed by atoms with E-state index in [-0.39, 0.29) is 29.3 Å². The van der Waals surface area contributed by atoms with E-state index >= 15 is 0 Å². The van der Waals surface area contributed by atoms with Gasteiger partial charge in [-0.15, -0.1) is 0 Å². The molecule has 32 heavy (non-hydrogen) atoms. The number of anilines is 1. The smallest absolute Gasteiger partial charge is 0.335 e. The summed E-state index contributed by atoms with van der Waals surface area (Å²) in [6.07, 6.45) is 0. The van der Waals surface area contributed by atoms with Gasteiger partial charge in [-0.05, 0) is 53.6 Å². The van der Waals surface area contributed by atoms with Crippen LogP contribution in [0.1, 0.15) is 42.2 Å². The van der Waals surface area contributed by atoms with Crippen LogP contribution >= 0.6 is 0 Å². The highest BCUT2D eigenvalue weighted by molar-refractivity contribution is 6.03. The molecule has 2 amide bonds. The first-order valence-electron chi connectivity index (χ1n) is 9.78. The van der Waals surface area contributed by atoms with E-state index in [1.165, 1.54) is 24.3 Å². The van der Waals surface area contributed by atoms with Crippen molar-refractivity contribution in [1.29, 1.82) is 0 Å². The minimum atomic E-state index is -1.02. The van der Waals surface area contributed by atoms with Crippen molar-refractivity contribution >= 4 is 23.5 Å². The van der Waals surface area contributed by atoms with Crippen LogP contribution < -0.4 is 21.1 Å². The third-order valence-corrected chi connectivity index (χ3v) is 4.83. The number of carboxylic acid groups (broad SMARTS) is 1. The van der Waals surface area contributed by atoms with Gasteiger partial charge in [0.2, 0.25) is 0 Å². The molecule has 0 radical (unpaired) electrons. The van der Waals surface area contributed by atoms with Crippen LogP contribution in [0.5, 0.6) is 5.75 Å². The summed E-state index contributed by atoms with van der Waals surface area (Å²) >= 11 is 0. The second-order valence-electron chi connectivity index (χ2n) is 7.02. The zero-order valence-corrected chi connectivity index (χ0v) is 17.4. The van der Waals surface area contributed by atoms with Crippen molar-refractivity contribution in [1.82, 2.24) is 10.6 Å². The molecule has 0 fully saturated rings.